The summed E-state index contributed by atoms with van der Waals surface area (Å²) in [5, 5.41) is 16.2. The van der Waals surface area contributed by atoms with Crippen LogP contribution in [0.1, 0.15) is 24.2 Å². The highest BCUT2D eigenvalue weighted by Gasteiger charge is 2.19. The number of hydrogen-bond donors (Lipinski definition) is 2. The van der Waals surface area contributed by atoms with Gasteiger partial charge in [0.25, 0.3) is 5.91 Å². The van der Waals surface area contributed by atoms with Crippen LogP contribution in [0.25, 0.3) is 0 Å². The molecule has 0 spiro atoms. The van der Waals surface area contributed by atoms with Gasteiger partial charge in [-0.25, -0.2) is 0 Å². The number of nitrogens with zero attached hydrogens (tertiary/aromatic N) is 1. The lowest BCUT2D eigenvalue weighted by Gasteiger charge is -2.09. The molecule has 0 bridgehead atoms. The zero-order chi connectivity index (χ0) is 20.5. The van der Waals surface area contributed by atoms with E-state index >= 15 is 0 Å². The highest BCUT2D eigenvalue weighted by atomic mass is 16.6. The number of rotatable bonds is 9. The number of carbonyl (C=O) groups is 2. The minimum Gasteiger partial charge on any atom is -0.494 e. The molecule has 0 aliphatic rings. The van der Waals surface area contributed by atoms with Gasteiger partial charge in [0, 0.05) is 17.3 Å². The summed E-state index contributed by atoms with van der Waals surface area (Å²) in [6.07, 6.45) is 0. The van der Waals surface area contributed by atoms with Crippen molar-refractivity contribution in [3.05, 3.63) is 58.1 Å². The lowest BCUT2D eigenvalue weighted by Crippen LogP contribution is -2.32. The van der Waals surface area contributed by atoms with Gasteiger partial charge < -0.3 is 20.1 Å². The van der Waals surface area contributed by atoms with E-state index in [9.17, 15) is 19.7 Å². The van der Waals surface area contributed by atoms with E-state index in [2.05, 4.69) is 10.6 Å². The first-order valence-corrected chi connectivity index (χ1v) is 8.66. The molecular formula is C19H21N3O6. The topological polar surface area (TPSA) is 120 Å². The lowest BCUT2D eigenvalue weighted by molar-refractivity contribution is -0.385. The van der Waals surface area contributed by atoms with E-state index in [0.29, 0.717) is 18.0 Å². The quantitative estimate of drug-likeness (QED) is 0.504. The molecule has 0 saturated carbocycles. The fourth-order valence-corrected chi connectivity index (χ4v) is 2.35. The van der Waals surface area contributed by atoms with Crippen molar-refractivity contribution in [3.8, 4) is 11.5 Å². The molecule has 148 valence electrons. The normalized spacial score (nSPS) is 10.1. The van der Waals surface area contributed by atoms with Crippen molar-refractivity contribution >= 4 is 23.2 Å². The van der Waals surface area contributed by atoms with Gasteiger partial charge in [0.2, 0.25) is 5.91 Å². The van der Waals surface area contributed by atoms with E-state index < -0.39 is 16.7 Å². The van der Waals surface area contributed by atoms with Crippen molar-refractivity contribution in [1.29, 1.82) is 0 Å². The van der Waals surface area contributed by atoms with Crippen LogP contribution in [0.5, 0.6) is 11.5 Å². The van der Waals surface area contributed by atoms with Gasteiger partial charge in [-0.3, -0.25) is 19.7 Å². The Balaban J connectivity index is 1.94. The summed E-state index contributed by atoms with van der Waals surface area (Å²) in [4.78, 5) is 34.7. The number of anilines is 1. The monoisotopic (exact) mass is 387 g/mol. The molecule has 2 aromatic carbocycles. The average Bonchev–Trinajstić information content (AvgIpc) is 2.68. The molecule has 9 heteroatoms. The molecule has 0 unspecified atom stereocenters. The van der Waals surface area contributed by atoms with Crippen LogP contribution in [-0.4, -0.2) is 36.5 Å². The maximum absolute atomic E-state index is 12.2. The smallest absolute Gasteiger partial charge is 0.311 e. The molecule has 2 aromatic rings. The van der Waals surface area contributed by atoms with Gasteiger partial charge in [-0.15, -0.1) is 0 Å². The number of nitrogens with one attached hydrogen (secondary N) is 2. The highest BCUT2D eigenvalue weighted by Crippen LogP contribution is 2.27. The molecule has 0 saturated heterocycles. The molecule has 2 amide bonds. The van der Waals surface area contributed by atoms with Crippen molar-refractivity contribution in [1.82, 2.24) is 5.32 Å². The van der Waals surface area contributed by atoms with Gasteiger partial charge in [-0.2, -0.15) is 0 Å². The maximum atomic E-state index is 12.2. The zero-order valence-corrected chi connectivity index (χ0v) is 15.6. The van der Waals surface area contributed by atoms with Crippen LogP contribution in [-0.2, 0) is 4.79 Å². The zero-order valence-electron chi connectivity index (χ0n) is 15.6. The Bertz CT molecular complexity index is 851. The molecular weight excluding hydrogens is 366 g/mol. The molecule has 0 radical (unpaired) electrons. The van der Waals surface area contributed by atoms with E-state index in [-0.39, 0.29) is 30.2 Å². The second-order valence-electron chi connectivity index (χ2n) is 5.56. The third-order valence-corrected chi connectivity index (χ3v) is 3.58. The summed E-state index contributed by atoms with van der Waals surface area (Å²) in [7, 11) is 0. The fraction of sp³-hybridized carbons (Fsp3) is 0.263. The Kier molecular flexibility index (Phi) is 7.32. The van der Waals surface area contributed by atoms with Gasteiger partial charge in [0.15, 0.2) is 5.75 Å². The number of hydrogen-bond acceptors (Lipinski definition) is 6. The number of carbonyl (C=O) groups excluding carboxylic acids is 2. The van der Waals surface area contributed by atoms with E-state index in [1.807, 2.05) is 6.92 Å². The van der Waals surface area contributed by atoms with Crippen LogP contribution < -0.4 is 20.1 Å². The van der Waals surface area contributed by atoms with Crippen molar-refractivity contribution in [2.45, 2.75) is 13.8 Å². The van der Waals surface area contributed by atoms with Crippen LogP contribution >= 0.6 is 0 Å². The second kappa shape index (κ2) is 9.91. The largest absolute Gasteiger partial charge is 0.494 e. The van der Waals surface area contributed by atoms with Crippen LogP contribution in [0.2, 0.25) is 0 Å². The van der Waals surface area contributed by atoms with Crippen molar-refractivity contribution in [3.63, 3.8) is 0 Å². The molecule has 0 aromatic heterocycles. The van der Waals surface area contributed by atoms with E-state index in [1.54, 1.807) is 31.2 Å². The molecule has 28 heavy (non-hydrogen) atoms. The lowest BCUT2D eigenvalue weighted by atomic mass is 10.1. The maximum Gasteiger partial charge on any atom is 0.311 e. The standard InChI is InChI=1S/C19H21N3O6/c1-3-27-15-8-6-14(7-9-15)21-18(23)12-20-19(24)13-5-10-17(28-4-2)16(11-13)22(25)26/h5-11H,3-4,12H2,1-2H3,(H,20,24)(H,21,23). The van der Waals surface area contributed by atoms with Crippen molar-refractivity contribution < 1.29 is 24.0 Å². The van der Waals surface area contributed by atoms with Gasteiger partial charge >= 0.3 is 5.69 Å². The first-order chi connectivity index (χ1) is 13.4. The molecule has 9 nitrogen and oxygen atoms in total. The van der Waals surface area contributed by atoms with Gasteiger partial charge in [0.1, 0.15) is 5.75 Å². The first kappa shape index (κ1) is 20.7. The number of ether oxygens (including phenoxy) is 2. The Hall–Kier alpha value is -3.62. The third kappa shape index (κ3) is 5.70. The Morgan fingerprint density at radius 1 is 1.04 bits per heavy atom. The van der Waals surface area contributed by atoms with Gasteiger partial charge in [-0.1, -0.05) is 0 Å². The van der Waals surface area contributed by atoms with Gasteiger partial charge in [0.05, 0.1) is 24.7 Å². The number of nitro benzene ring substituents is 1. The second-order valence-corrected chi connectivity index (χ2v) is 5.56. The molecule has 0 fully saturated rings. The summed E-state index contributed by atoms with van der Waals surface area (Å²) in [5.41, 5.74) is 0.303. The minimum absolute atomic E-state index is 0.0593. The highest BCUT2D eigenvalue weighted by molar-refractivity contribution is 5.99. The number of amides is 2. The molecule has 0 atom stereocenters. The Morgan fingerprint density at radius 3 is 2.32 bits per heavy atom. The van der Waals surface area contributed by atoms with Crippen molar-refractivity contribution in [2.75, 3.05) is 25.1 Å². The molecule has 0 heterocycles. The van der Waals surface area contributed by atoms with Crippen molar-refractivity contribution in [2.24, 2.45) is 0 Å². The van der Waals surface area contributed by atoms with Crippen LogP contribution in [0.15, 0.2) is 42.5 Å². The Morgan fingerprint density at radius 2 is 1.71 bits per heavy atom. The van der Waals surface area contributed by atoms with Crippen LogP contribution in [0, 0.1) is 10.1 Å². The van der Waals surface area contributed by atoms with Crippen LogP contribution in [0.3, 0.4) is 0 Å². The SMILES string of the molecule is CCOc1ccc(NC(=O)CNC(=O)c2ccc(OCC)c([N+](=O)[O-])c2)cc1. The van der Waals surface area contributed by atoms with E-state index in [0.717, 1.165) is 6.07 Å². The number of nitro groups is 1. The van der Waals surface area contributed by atoms with Crippen LogP contribution in [0.4, 0.5) is 11.4 Å². The predicted octanol–water partition coefficient (Wildman–Crippen LogP) is 2.76. The molecule has 2 N–H and O–H groups in total. The predicted molar refractivity (Wildman–Crippen MR) is 103 cm³/mol. The molecule has 0 aliphatic heterocycles. The molecule has 0 aliphatic carbocycles. The minimum atomic E-state index is -0.625. The summed E-state index contributed by atoms with van der Waals surface area (Å²) in [5.74, 6) is -0.269. The summed E-state index contributed by atoms with van der Waals surface area (Å²) < 4.78 is 10.5. The van der Waals surface area contributed by atoms with Gasteiger partial charge in [-0.05, 0) is 50.2 Å². The fourth-order valence-electron chi connectivity index (χ4n) is 2.35. The number of benzene rings is 2. The summed E-state index contributed by atoms with van der Waals surface area (Å²) in [6, 6.07) is 10.7. The summed E-state index contributed by atoms with van der Waals surface area (Å²) >= 11 is 0. The van der Waals surface area contributed by atoms with E-state index in [4.69, 9.17) is 9.47 Å². The third-order valence-electron chi connectivity index (χ3n) is 3.58. The molecule has 2 rings (SSSR count). The van der Waals surface area contributed by atoms with E-state index in [1.165, 1.54) is 12.1 Å². The Labute approximate surface area is 161 Å². The summed E-state index contributed by atoms with van der Waals surface area (Å²) in [6.45, 7) is 4.09. The average molecular weight is 387 g/mol. The first-order valence-electron chi connectivity index (χ1n) is 8.66.